The molecule has 0 aliphatic rings. The third kappa shape index (κ3) is 4.30. The number of hydrogen-bond donors (Lipinski definition) is 2. The number of nitrogens with zero attached hydrogens (tertiary/aromatic N) is 2. The molecule has 5 heteroatoms. The molecule has 1 heterocycles. The van der Waals surface area contributed by atoms with Gasteiger partial charge in [0.25, 0.3) is 0 Å². The topological polar surface area (TPSA) is 50.1 Å². The van der Waals surface area contributed by atoms with E-state index in [2.05, 4.69) is 37.3 Å². The van der Waals surface area contributed by atoms with E-state index in [1.54, 1.807) is 0 Å². The summed E-state index contributed by atoms with van der Waals surface area (Å²) in [5.74, 6) is 0. The van der Waals surface area contributed by atoms with Crippen LogP contribution in [0, 0.1) is 6.92 Å². The Morgan fingerprint density at radius 1 is 1.61 bits per heavy atom. The Morgan fingerprint density at radius 3 is 2.72 bits per heavy atom. The molecule has 0 bridgehead atoms. The number of aliphatic hydroxyl groups excluding tert-OH is 1. The Morgan fingerprint density at radius 2 is 2.28 bits per heavy atom. The number of aromatic nitrogens is 2. The monoisotopic (exact) mass is 271 g/mol. The van der Waals surface area contributed by atoms with Gasteiger partial charge in [-0.15, -0.1) is 11.8 Å². The molecule has 4 nitrogen and oxygen atoms in total. The molecule has 2 N–H and O–H groups in total. The van der Waals surface area contributed by atoms with Gasteiger partial charge >= 0.3 is 0 Å². The molecule has 0 radical (unpaired) electrons. The van der Waals surface area contributed by atoms with Crippen molar-refractivity contribution in [1.82, 2.24) is 15.1 Å². The second-order valence-electron chi connectivity index (χ2n) is 5.13. The van der Waals surface area contributed by atoms with Crippen molar-refractivity contribution in [3.8, 4) is 0 Å². The Labute approximate surface area is 114 Å². The molecule has 1 aromatic rings. The molecule has 104 valence electrons. The van der Waals surface area contributed by atoms with E-state index in [9.17, 15) is 5.11 Å². The van der Waals surface area contributed by atoms with Gasteiger partial charge in [0.05, 0.1) is 17.3 Å². The molecular weight excluding hydrogens is 246 g/mol. The molecule has 0 spiro atoms. The fourth-order valence-corrected chi connectivity index (χ4v) is 3.49. The summed E-state index contributed by atoms with van der Waals surface area (Å²) in [5, 5.41) is 18.8. The van der Waals surface area contributed by atoms with Crippen molar-refractivity contribution >= 4 is 11.8 Å². The van der Waals surface area contributed by atoms with Crippen LogP contribution >= 0.6 is 11.8 Å². The van der Waals surface area contributed by atoms with Crippen molar-refractivity contribution in [1.29, 1.82) is 0 Å². The predicted octanol–water partition coefficient (Wildman–Crippen LogP) is 1.96. The van der Waals surface area contributed by atoms with E-state index in [-0.39, 0.29) is 12.1 Å². The second-order valence-corrected chi connectivity index (χ2v) is 6.59. The summed E-state index contributed by atoms with van der Waals surface area (Å²) >= 11 is 1.81. The maximum Gasteiger partial charge on any atom is 0.0941 e. The summed E-state index contributed by atoms with van der Waals surface area (Å²) in [7, 11) is 1.97. The van der Waals surface area contributed by atoms with Crippen molar-refractivity contribution in [2.24, 2.45) is 7.05 Å². The Kier molecular flexibility index (Phi) is 5.69. The molecule has 0 aliphatic heterocycles. The second kappa shape index (κ2) is 6.59. The third-order valence-electron chi connectivity index (χ3n) is 2.97. The molecule has 0 aliphatic carbocycles. The van der Waals surface area contributed by atoms with Crippen LogP contribution in [-0.4, -0.2) is 38.8 Å². The van der Waals surface area contributed by atoms with Crippen LogP contribution in [0.1, 0.15) is 32.9 Å². The standard InChI is InChI=1S/C13H25N3OS/c1-6-14-13(4,9-17)8-11(3)18-12-7-10(2)15-16(12)5/h7,11,14,17H,6,8-9H2,1-5H3. The lowest BCUT2D eigenvalue weighted by atomic mass is 9.97. The van der Waals surface area contributed by atoms with Crippen LogP contribution in [0.5, 0.6) is 0 Å². The number of aliphatic hydroxyl groups is 1. The summed E-state index contributed by atoms with van der Waals surface area (Å²) in [6.07, 6.45) is 0.923. The van der Waals surface area contributed by atoms with Crippen molar-refractivity contribution in [3.05, 3.63) is 11.8 Å². The molecule has 0 aromatic carbocycles. The predicted molar refractivity (Wildman–Crippen MR) is 77.0 cm³/mol. The van der Waals surface area contributed by atoms with Crippen LogP contribution < -0.4 is 5.32 Å². The molecule has 18 heavy (non-hydrogen) atoms. The van der Waals surface area contributed by atoms with E-state index in [1.807, 2.05) is 30.4 Å². The lowest BCUT2D eigenvalue weighted by Crippen LogP contribution is -2.47. The van der Waals surface area contributed by atoms with Gasteiger partial charge in [0.1, 0.15) is 0 Å². The summed E-state index contributed by atoms with van der Waals surface area (Å²) in [4.78, 5) is 0. The van der Waals surface area contributed by atoms with Crippen LogP contribution in [0.15, 0.2) is 11.1 Å². The maximum absolute atomic E-state index is 9.50. The lowest BCUT2D eigenvalue weighted by molar-refractivity contribution is 0.168. The van der Waals surface area contributed by atoms with Gasteiger partial charge in [-0.2, -0.15) is 5.10 Å². The first-order valence-electron chi connectivity index (χ1n) is 6.43. The highest BCUT2D eigenvalue weighted by Crippen LogP contribution is 2.28. The number of hydrogen-bond acceptors (Lipinski definition) is 4. The van der Waals surface area contributed by atoms with Gasteiger partial charge in [0, 0.05) is 17.8 Å². The molecule has 0 saturated carbocycles. The van der Waals surface area contributed by atoms with E-state index in [0.29, 0.717) is 5.25 Å². The van der Waals surface area contributed by atoms with Crippen LogP contribution in [-0.2, 0) is 7.05 Å². The highest BCUT2D eigenvalue weighted by Gasteiger charge is 2.25. The van der Waals surface area contributed by atoms with E-state index < -0.39 is 0 Å². The first-order chi connectivity index (χ1) is 8.40. The van der Waals surface area contributed by atoms with E-state index in [4.69, 9.17) is 0 Å². The largest absolute Gasteiger partial charge is 0.394 e. The van der Waals surface area contributed by atoms with Crippen LogP contribution in [0.2, 0.25) is 0 Å². The summed E-state index contributed by atoms with van der Waals surface area (Å²) < 4.78 is 1.92. The Bertz CT molecular complexity index is 380. The smallest absolute Gasteiger partial charge is 0.0941 e. The van der Waals surface area contributed by atoms with Crippen LogP contribution in [0.3, 0.4) is 0 Å². The molecule has 2 unspecified atom stereocenters. The highest BCUT2D eigenvalue weighted by atomic mass is 32.2. The molecular formula is C13H25N3OS. The Hall–Kier alpha value is -0.520. The van der Waals surface area contributed by atoms with Crippen LogP contribution in [0.4, 0.5) is 0 Å². The zero-order valence-electron chi connectivity index (χ0n) is 12.0. The number of aryl methyl sites for hydroxylation is 2. The molecule has 1 rings (SSSR count). The van der Waals surface area contributed by atoms with Crippen molar-refractivity contribution in [2.75, 3.05) is 13.2 Å². The number of rotatable bonds is 7. The zero-order chi connectivity index (χ0) is 13.8. The van der Waals surface area contributed by atoms with Gasteiger partial charge in [-0.3, -0.25) is 4.68 Å². The van der Waals surface area contributed by atoms with Gasteiger partial charge in [-0.1, -0.05) is 13.8 Å². The maximum atomic E-state index is 9.50. The quantitative estimate of drug-likeness (QED) is 0.744. The van der Waals surface area contributed by atoms with E-state index in [1.165, 1.54) is 5.03 Å². The summed E-state index contributed by atoms with van der Waals surface area (Å²) in [6, 6.07) is 2.10. The number of thioether (sulfide) groups is 1. The minimum absolute atomic E-state index is 0.163. The summed E-state index contributed by atoms with van der Waals surface area (Å²) in [5.41, 5.74) is 0.846. The van der Waals surface area contributed by atoms with E-state index in [0.717, 1.165) is 18.7 Å². The average Bonchev–Trinajstić information content (AvgIpc) is 2.57. The van der Waals surface area contributed by atoms with Crippen molar-refractivity contribution < 1.29 is 5.11 Å². The average molecular weight is 271 g/mol. The zero-order valence-corrected chi connectivity index (χ0v) is 12.8. The van der Waals surface area contributed by atoms with Gasteiger partial charge in [0.2, 0.25) is 0 Å². The first kappa shape index (κ1) is 15.5. The number of likely N-dealkylation sites (N-methyl/N-ethyl adjacent to an activating group) is 1. The SMILES string of the molecule is CCNC(C)(CO)CC(C)Sc1cc(C)nn1C. The van der Waals surface area contributed by atoms with Gasteiger partial charge in [-0.05, 0) is 32.9 Å². The van der Waals surface area contributed by atoms with E-state index >= 15 is 0 Å². The first-order valence-corrected chi connectivity index (χ1v) is 7.31. The Balaban J connectivity index is 2.60. The summed E-state index contributed by atoms with van der Waals surface area (Å²) in [6.45, 7) is 9.37. The van der Waals surface area contributed by atoms with Gasteiger partial charge in [0.15, 0.2) is 0 Å². The molecule has 1 aromatic heterocycles. The number of nitrogens with one attached hydrogen (secondary N) is 1. The molecule has 2 atom stereocenters. The molecule has 0 saturated heterocycles. The van der Waals surface area contributed by atoms with Crippen molar-refractivity contribution in [3.63, 3.8) is 0 Å². The molecule has 0 fully saturated rings. The van der Waals surface area contributed by atoms with Crippen LogP contribution in [0.25, 0.3) is 0 Å². The minimum Gasteiger partial charge on any atom is -0.394 e. The molecule has 0 amide bonds. The normalized spacial score (nSPS) is 16.6. The highest BCUT2D eigenvalue weighted by molar-refractivity contribution is 7.99. The third-order valence-corrected chi connectivity index (χ3v) is 4.16. The van der Waals surface area contributed by atoms with Crippen molar-refractivity contribution in [2.45, 2.75) is 49.9 Å². The van der Waals surface area contributed by atoms with Gasteiger partial charge in [-0.25, -0.2) is 0 Å². The minimum atomic E-state index is -0.200. The fraction of sp³-hybridized carbons (Fsp3) is 0.769. The fourth-order valence-electron chi connectivity index (χ4n) is 2.20. The van der Waals surface area contributed by atoms with Gasteiger partial charge < -0.3 is 10.4 Å². The lowest BCUT2D eigenvalue weighted by Gasteiger charge is -2.31.